The summed E-state index contributed by atoms with van der Waals surface area (Å²) in [4.78, 5) is 14.2. The molecule has 1 atom stereocenters. The molecule has 1 fully saturated rings. The van der Waals surface area contributed by atoms with Gasteiger partial charge in [0, 0.05) is 13.1 Å². The third kappa shape index (κ3) is 3.82. The third-order valence-electron chi connectivity index (χ3n) is 3.48. The van der Waals surface area contributed by atoms with E-state index in [1.807, 2.05) is 11.8 Å². The van der Waals surface area contributed by atoms with E-state index in [2.05, 4.69) is 22.1 Å². The van der Waals surface area contributed by atoms with Gasteiger partial charge in [0.1, 0.15) is 0 Å². The first kappa shape index (κ1) is 13.6. The molecule has 0 aliphatic carbocycles. The maximum atomic E-state index is 12.2. The van der Waals surface area contributed by atoms with E-state index in [-0.39, 0.29) is 11.9 Å². The summed E-state index contributed by atoms with van der Waals surface area (Å²) in [5.74, 6) is 0.264. The van der Waals surface area contributed by atoms with Gasteiger partial charge in [0.25, 0.3) is 0 Å². The van der Waals surface area contributed by atoms with E-state index in [0.29, 0.717) is 0 Å². The highest BCUT2D eigenvalue weighted by Crippen LogP contribution is 2.10. The first-order valence-corrected chi connectivity index (χ1v) is 7.75. The fourth-order valence-corrected chi connectivity index (χ4v) is 3.05. The molecule has 1 unspecified atom stereocenters. The van der Waals surface area contributed by atoms with Crippen molar-refractivity contribution in [3.63, 3.8) is 0 Å². The Morgan fingerprint density at radius 3 is 2.89 bits per heavy atom. The molecular formula is C14H22N2OS. The lowest BCUT2D eigenvalue weighted by Gasteiger charge is -2.29. The van der Waals surface area contributed by atoms with Gasteiger partial charge in [0.2, 0.25) is 5.91 Å². The lowest BCUT2D eigenvalue weighted by Crippen LogP contribution is -2.47. The van der Waals surface area contributed by atoms with Crippen LogP contribution < -0.4 is 5.32 Å². The van der Waals surface area contributed by atoms with Crippen LogP contribution in [-0.2, 0) is 11.2 Å². The fraction of sp³-hybridized carbons (Fsp3) is 0.643. The Balaban J connectivity index is 1.70. The van der Waals surface area contributed by atoms with Crippen LogP contribution in [0.1, 0.15) is 31.7 Å². The summed E-state index contributed by atoms with van der Waals surface area (Å²) < 4.78 is 0. The average Bonchev–Trinajstić information content (AvgIpc) is 2.92. The van der Waals surface area contributed by atoms with E-state index in [1.54, 1.807) is 11.3 Å². The average molecular weight is 266 g/mol. The highest BCUT2D eigenvalue weighted by molar-refractivity contribution is 7.07. The van der Waals surface area contributed by atoms with Crippen molar-refractivity contribution >= 4 is 17.2 Å². The summed E-state index contributed by atoms with van der Waals surface area (Å²) in [7, 11) is 0. The number of hydrogen-bond donors (Lipinski definition) is 1. The molecule has 1 aliphatic rings. The summed E-state index contributed by atoms with van der Waals surface area (Å²) in [5, 5.41) is 7.59. The predicted octanol–water partition coefficient (Wildman–Crippen LogP) is 2.28. The number of amides is 1. The zero-order chi connectivity index (χ0) is 12.8. The van der Waals surface area contributed by atoms with Crippen molar-refractivity contribution in [2.24, 2.45) is 0 Å². The number of hydrogen-bond acceptors (Lipinski definition) is 3. The Labute approximate surface area is 113 Å². The molecule has 1 saturated heterocycles. The minimum absolute atomic E-state index is 0.0539. The smallest absolute Gasteiger partial charge is 0.239 e. The number of thiophene rings is 1. The molecule has 4 heteroatoms. The minimum Gasteiger partial charge on any atom is -0.341 e. The molecule has 3 nitrogen and oxygen atoms in total. The lowest BCUT2D eigenvalue weighted by atomic mass is 10.1. The van der Waals surface area contributed by atoms with E-state index in [0.717, 1.165) is 38.9 Å². The normalized spacial score (nSPS) is 17.7. The molecule has 0 saturated carbocycles. The Morgan fingerprint density at radius 2 is 2.22 bits per heavy atom. The van der Waals surface area contributed by atoms with Gasteiger partial charge in [-0.25, -0.2) is 0 Å². The van der Waals surface area contributed by atoms with Crippen molar-refractivity contribution in [1.29, 1.82) is 0 Å². The van der Waals surface area contributed by atoms with Crippen molar-refractivity contribution in [3.8, 4) is 0 Å². The molecule has 0 bridgehead atoms. The van der Waals surface area contributed by atoms with Crippen LogP contribution in [0.25, 0.3) is 0 Å². The van der Waals surface area contributed by atoms with Crippen LogP contribution in [0, 0.1) is 0 Å². The first-order chi connectivity index (χ1) is 8.77. The second kappa shape index (κ2) is 6.90. The summed E-state index contributed by atoms with van der Waals surface area (Å²) in [5.41, 5.74) is 1.35. The van der Waals surface area contributed by atoms with E-state index >= 15 is 0 Å². The van der Waals surface area contributed by atoms with Crippen molar-refractivity contribution in [2.45, 2.75) is 38.6 Å². The van der Waals surface area contributed by atoms with Gasteiger partial charge in [0.05, 0.1) is 6.04 Å². The first-order valence-electron chi connectivity index (χ1n) is 6.80. The van der Waals surface area contributed by atoms with Gasteiger partial charge >= 0.3 is 0 Å². The van der Waals surface area contributed by atoms with Crippen molar-refractivity contribution in [3.05, 3.63) is 22.4 Å². The summed E-state index contributed by atoms with van der Waals surface area (Å²) in [6, 6.07) is 2.09. The van der Waals surface area contributed by atoms with Crippen LogP contribution in [0.5, 0.6) is 0 Å². The fourth-order valence-electron chi connectivity index (χ4n) is 2.34. The number of carbonyl (C=O) groups is 1. The Morgan fingerprint density at radius 1 is 1.44 bits per heavy atom. The molecule has 1 aliphatic heterocycles. The monoisotopic (exact) mass is 266 g/mol. The van der Waals surface area contributed by atoms with Crippen LogP contribution in [0.2, 0.25) is 0 Å². The van der Waals surface area contributed by atoms with Gasteiger partial charge in [0.15, 0.2) is 0 Å². The lowest BCUT2D eigenvalue weighted by molar-refractivity contribution is -0.133. The van der Waals surface area contributed by atoms with Gasteiger partial charge in [-0.3, -0.25) is 4.79 Å². The van der Waals surface area contributed by atoms with Crippen LogP contribution in [-0.4, -0.2) is 36.5 Å². The summed E-state index contributed by atoms with van der Waals surface area (Å²) in [6.45, 7) is 4.73. The van der Waals surface area contributed by atoms with Crippen molar-refractivity contribution in [1.82, 2.24) is 10.2 Å². The number of rotatable bonds is 5. The number of carbonyl (C=O) groups excluding carboxylic acids is 1. The molecule has 1 N–H and O–H groups in total. The van der Waals surface area contributed by atoms with Gasteiger partial charge < -0.3 is 10.2 Å². The van der Waals surface area contributed by atoms with Crippen molar-refractivity contribution < 1.29 is 4.79 Å². The number of nitrogens with zero attached hydrogens (tertiary/aromatic N) is 1. The Kier molecular flexibility index (Phi) is 5.20. The zero-order valence-electron chi connectivity index (χ0n) is 11.0. The minimum atomic E-state index is -0.0539. The SMILES string of the molecule is CC(NCCc1ccsc1)C(=O)N1CCCCC1. The van der Waals surface area contributed by atoms with E-state index in [1.165, 1.54) is 12.0 Å². The molecule has 18 heavy (non-hydrogen) atoms. The molecule has 1 amide bonds. The Bertz CT molecular complexity index is 358. The quantitative estimate of drug-likeness (QED) is 0.887. The van der Waals surface area contributed by atoms with Crippen LogP contribution >= 0.6 is 11.3 Å². The molecule has 0 spiro atoms. The maximum absolute atomic E-state index is 12.2. The molecule has 0 aromatic carbocycles. The molecule has 1 aromatic rings. The second-order valence-electron chi connectivity index (χ2n) is 4.94. The number of piperidine rings is 1. The van der Waals surface area contributed by atoms with Gasteiger partial charge in [-0.2, -0.15) is 11.3 Å². The van der Waals surface area contributed by atoms with Crippen LogP contribution in [0.4, 0.5) is 0 Å². The second-order valence-corrected chi connectivity index (χ2v) is 5.72. The largest absolute Gasteiger partial charge is 0.341 e. The van der Waals surface area contributed by atoms with Gasteiger partial charge in [-0.05, 0) is 61.5 Å². The highest BCUT2D eigenvalue weighted by Gasteiger charge is 2.21. The summed E-state index contributed by atoms with van der Waals surface area (Å²) >= 11 is 1.72. The third-order valence-corrected chi connectivity index (χ3v) is 4.21. The molecule has 100 valence electrons. The standard InChI is InChI=1S/C14H22N2OS/c1-12(14(17)16-8-3-2-4-9-16)15-7-5-13-6-10-18-11-13/h6,10-12,15H,2-5,7-9H2,1H3. The zero-order valence-corrected chi connectivity index (χ0v) is 11.8. The topological polar surface area (TPSA) is 32.3 Å². The maximum Gasteiger partial charge on any atom is 0.239 e. The number of nitrogens with one attached hydrogen (secondary N) is 1. The molecular weight excluding hydrogens is 244 g/mol. The van der Waals surface area contributed by atoms with E-state index in [4.69, 9.17) is 0 Å². The molecule has 0 radical (unpaired) electrons. The van der Waals surface area contributed by atoms with E-state index in [9.17, 15) is 4.79 Å². The summed E-state index contributed by atoms with van der Waals surface area (Å²) in [6.07, 6.45) is 4.59. The molecule has 2 rings (SSSR count). The Hall–Kier alpha value is -0.870. The van der Waals surface area contributed by atoms with Gasteiger partial charge in [-0.1, -0.05) is 0 Å². The van der Waals surface area contributed by atoms with E-state index < -0.39 is 0 Å². The van der Waals surface area contributed by atoms with Crippen LogP contribution in [0.15, 0.2) is 16.8 Å². The van der Waals surface area contributed by atoms with Crippen molar-refractivity contribution in [2.75, 3.05) is 19.6 Å². The molecule has 2 heterocycles. The van der Waals surface area contributed by atoms with Gasteiger partial charge in [-0.15, -0.1) is 0 Å². The highest BCUT2D eigenvalue weighted by atomic mass is 32.1. The molecule has 1 aromatic heterocycles. The number of likely N-dealkylation sites (tertiary alicyclic amines) is 1. The predicted molar refractivity (Wildman–Crippen MR) is 75.9 cm³/mol. The van der Waals surface area contributed by atoms with Crippen LogP contribution in [0.3, 0.4) is 0 Å².